The molecule has 2 aromatic rings. The minimum atomic E-state index is -3.68. The van der Waals surface area contributed by atoms with Crippen LogP contribution in [0.1, 0.15) is 25.3 Å². The first kappa shape index (κ1) is 17.7. The topological polar surface area (TPSA) is 136 Å². The van der Waals surface area contributed by atoms with E-state index in [0.717, 1.165) is 6.26 Å². The monoisotopic (exact) mass is 355 g/mol. The number of ether oxygens (including phenoxy) is 1. The van der Waals surface area contributed by atoms with Crippen molar-refractivity contribution in [2.24, 2.45) is 0 Å². The molecule has 0 aromatic carbocycles. The molecule has 2 heterocycles. The van der Waals surface area contributed by atoms with E-state index in [1.165, 1.54) is 17.1 Å². The fourth-order valence-corrected chi connectivity index (χ4v) is 2.38. The van der Waals surface area contributed by atoms with Gasteiger partial charge in [-0.25, -0.2) is 13.4 Å². The molecule has 0 radical (unpaired) electrons. The zero-order chi connectivity index (χ0) is 17.9. The summed E-state index contributed by atoms with van der Waals surface area (Å²) in [5.74, 6) is -1.23. The predicted molar refractivity (Wildman–Crippen MR) is 83.4 cm³/mol. The molecule has 0 aliphatic heterocycles. The van der Waals surface area contributed by atoms with Crippen LogP contribution >= 0.6 is 0 Å². The van der Waals surface area contributed by atoms with Crippen molar-refractivity contribution in [3.8, 4) is 17.7 Å². The van der Waals surface area contributed by atoms with E-state index in [4.69, 9.17) is 4.74 Å². The summed E-state index contributed by atoms with van der Waals surface area (Å²) < 4.78 is 30.6. The van der Waals surface area contributed by atoms with Gasteiger partial charge in [-0.1, -0.05) is 13.8 Å². The number of sulfonamides is 1. The Kier molecular flexibility index (Phi) is 5.02. The third kappa shape index (κ3) is 4.41. The number of rotatable bonds is 6. The fraction of sp³-hybridized carbons (Fsp3) is 0.385. The summed E-state index contributed by atoms with van der Waals surface area (Å²) >= 11 is 0. The second-order valence-corrected chi connectivity index (χ2v) is 7.03. The van der Waals surface area contributed by atoms with Gasteiger partial charge in [0.15, 0.2) is 6.61 Å². The lowest BCUT2D eigenvalue weighted by molar-refractivity contribution is -0.121. The molecule has 0 atom stereocenters. The van der Waals surface area contributed by atoms with E-state index < -0.39 is 22.5 Å². The van der Waals surface area contributed by atoms with Crippen molar-refractivity contribution in [1.82, 2.24) is 24.2 Å². The average molecular weight is 355 g/mol. The minimum absolute atomic E-state index is 0.00940. The summed E-state index contributed by atoms with van der Waals surface area (Å²) in [6.45, 7) is 3.00. The van der Waals surface area contributed by atoms with Gasteiger partial charge in [0, 0.05) is 12.4 Å². The Labute approximate surface area is 138 Å². The summed E-state index contributed by atoms with van der Waals surface area (Å²) in [6.07, 6.45) is 5.38. The number of carbonyl (C=O) groups is 1. The molecule has 0 aliphatic carbocycles. The molecule has 0 bridgehead atoms. The third-order valence-corrected chi connectivity index (χ3v) is 3.43. The number of imidazole rings is 1. The van der Waals surface area contributed by atoms with Crippen LogP contribution < -0.4 is 9.46 Å². The normalized spacial score (nSPS) is 11.5. The van der Waals surface area contributed by atoms with Crippen molar-refractivity contribution >= 4 is 15.9 Å². The number of aromatic nitrogens is 4. The van der Waals surface area contributed by atoms with Crippen LogP contribution in [0.15, 0.2) is 18.7 Å². The number of hydrogen-bond donors (Lipinski definition) is 2. The van der Waals surface area contributed by atoms with Crippen LogP contribution in [0.4, 0.5) is 0 Å². The number of hydrogen-bond acceptors (Lipinski definition) is 8. The van der Waals surface area contributed by atoms with Crippen molar-refractivity contribution < 1.29 is 23.1 Å². The first-order valence-electron chi connectivity index (χ1n) is 6.90. The second-order valence-electron chi connectivity index (χ2n) is 5.28. The average Bonchev–Trinajstić information content (AvgIpc) is 2.96. The van der Waals surface area contributed by atoms with Gasteiger partial charge in [0.1, 0.15) is 6.33 Å². The third-order valence-electron chi connectivity index (χ3n) is 2.83. The molecule has 0 unspecified atom stereocenters. The largest absolute Gasteiger partial charge is 0.493 e. The van der Waals surface area contributed by atoms with Crippen LogP contribution in [-0.4, -0.2) is 51.8 Å². The predicted octanol–water partition coefficient (Wildman–Crippen LogP) is -0.0541. The first-order chi connectivity index (χ1) is 11.2. The molecule has 0 saturated carbocycles. The van der Waals surface area contributed by atoms with E-state index in [0.29, 0.717) is 5.56 Å². The highest BCUT2D eigenvalue weighted by atomic mass is 32.2. The number of nitrogens with zero attached hydrogens (tertiary/aromatic N) is 4. The van der Waals surface area contributed by atoms with E-state index in [2.05, 4.69) is 15.0 Å². The number of amides is 1. The highest BCUT2D eigenvalue weighted by Gasteiger charge is 2.20. The van der Waals surface area contributed by atoms with Gasteiger partial charge in [0.25, 0.3) is 5.91 Å². The van der Waals surface area contributed by atoms with Gasteiger partial charge in [0.05, 0.1) is 11.8 Å². The Morgan fingerprint density at radius 2 is 2.12 bits per heavy atom. The lowest BCUT2D eigenvalue weighted by Crippen LogP contribution is -2.33. The van der Waals surface area contributed by atoms with E-state index in [-0.39, 0.29) is 23.6 Å². The van der Waals surface area contributed by atoms with Gasteiger partial charge in [-0.05, 0) is 5.92 Å². The second kappa shape index (κ2) is 6.83. The number of nitrogens with one attached hydrogen (secondary N) is 1. The maximum Gasteiger partial charge on any atom is 0.271 e. The highest BCUT2D eigenvalue weighted by Crippen LogP contribution is 2.32. The molecule has 0 spiro atoms. The summed E-state index contributed by atoms with van der Waals surface area (Å²) in [4.78, 5) is 23.6. The molecule has 2 N–H and O–H groups in total. The van der Waals surface area contributed by atoms with Crippen LogP contribution in [0.25, 0.3) is 5.95 Å². The number of carbonyl (C=O) groups excluding carboxylic acids is 1. The lowest BCUT2D eigenvalue weighted by atomic mass is 10.1. The fourth-order valence-electron chi connectivity index (χ4n) is 1.90. The molecule has 2 aromatic heterocycles. The molecule has 130 valence electrons. The summed E-state index contributed by atoms with van der Waals surface area (Å²) in [6, 6.07) is 0. The van der Waals surface area contributed by atoms with Crippen LogP contribution in [-0.2, 0) is 14.8 Å². The van der Waals surface area contributed by atoms with Crippen LogP contribution in [0.5, 0.6) is 11.8 Å². The summed E-state index contributed by atoms with van der Waals surface area (Å²) in [7, 11) is -3.68. The Bertz CT molecular complexity index is 833. The molecule has 1 amide bonds. The molecule has 0 fully saturated rings. The standard InChI is InChI=1S/C13H17N5O5S/c1-8(2)10-11(20)15-13(18-5-4-14-7-18)16-12(10)23-6-9(19)17-24(3,21)22/h4-5,7-8H,6H2,1-3H3,(H,17,19)(H,15,16,20). The van der Waals surface area contributed by atoms with Crippen molar-refractivity contribution in [3.05, 3.63) is 24.3 Å². The Morgan fingerprint density at radius 3 is 2.67 bits per heavy atom. The van der Waals surface area contributed by atoms with Crippen molar-refractivity contribution in [2.45, 2.75) is 19.8 Å². The smallest absolute Gasteiger partial charge is 0.271 e. The Balaban J connectivity index is 2.31. The first-order valence-corrected chi connectivity index (χ1v) is 8.79. The molecule has 2 rings (SSSR count). The maximum atomic E-state index is 11.6. The van der Waals surface area contributed by atoms with E-state index >= 15 is 0 Å². The molecule has 0 aliphatic rings. The molecule has 11 heteroatoms. The summed E-state index contributed by atoms with van der Waals surface area (Å²) in [5, 5.41) is 10.1. The van der Waals surface area contributed by atoms with Crippen molar-refractivity contribution in [2.75, 3.05) is 12.9 Å². The molecule has 24 heavy (non-hydrogen) atoms. The Morgan fingerprint density at radius 1 is 1.42 bits per heavy atom. The minimum Gasteiger partial charge on any atom is -0.493 e. The van der Waals surface area contributed by atoms with Crippen LogP contribution in [0.2, 0.25) is 0 Å². The lowest BCUT2D eigenvalue weighted by Gasteiger charge is -2.15. The van der Waals surface area contributed by atoms with Crippen LogP contribution in [0, 0.1) is 0 Å². The Hall–Kier alpha value is -2.69. The van der Waals surface area contributed by atoms with Crippen molar-refractivity contribution in [3.63, 3.8) is 0 Å². The van der Waals surface area contributed by atoms with E-state index in [1.807, 2.05) is 0 Å². The van der Waals surface area contributed by atoms with Crippen LogP contribution in [0.3, 0.4) is 0 Å². The quantitative estimate of drug-likeness (QED) is 0.736. The molecular formula is C13H17N5O5S. The van der Waals surface area contributed by atoms with Gasteiger partial charge in [-0.3, -0.25) is 14.1 Å². The van der Waals surface area contributed by atoms with Gasteiger partial charge in [-0.2, -0.15) is 9.97 Å². The van der Waals surface area contributed by atoms with Gasteiger partial charge in [0.2, 0.25) is 27.7 Å². The van der Waals surface area contributed by atoms with Gasteiger partial charge >= 0.3 is 0 Å². The van der Waals surface area contributed by atoms with Gasteiger partial charge in [-0.15, -0.1) is 0 Å². The maximum absolute atomic E-state index is 11.6. The van der Waals surface area contributed by atoms with Gasteiger partial charge < -0.3 is 9.84 Å². The molecular weight excluding hydrogens is 338 g/mol. The zero-order valence-corrected chi connectivity index (χ0v) is 14.1. The summed E-state index contributed by atoms with van der Waals surface area (Å²) in [5.41, 5.74) is 0.311. The molecule has 10 nitrogen and oxygen atoms in total. The van der Waals surface area contributed by atoms with E-state index in [9.17, 15) is 18.3 Å². The SMILES string of the molecule is CC(C)c1c(O)nc(-n2ccnc2)nc1OCC(=O)NS(C)(=O)=O. The molecule has 0 saturated heterocycles. The number of aromatic hydroxyl groups is 1. The highest BCUT2D eigenvalue weighted by molar-refractivity contribution is 7.89. The van der Waals surface area contributed by atoms with Crippen molar-refractivity contribution in [1.29, 1.82) is 0 Å². The van der Waals surface area contributed by atoms with E-state index in [1.54, 1.807) is 24.8 Å². The zero-order valence-electron chi connectivity index (χ0n) is 13.3.